The molecule has 3 amide bonds. The van der Waals surface area contributed by atoms with E-state index in [9.17, 15) is 32.1 Å². The molecule has 1 aliphatic rings. The second-order valence-corrected chi connectivity index (χ2v) is 10.4. The first-order chi connectivity index (χ1) is 17.0. The molecule has 0 bridgehead atoms. The van der Waals surface area contributed by atoms with E-state index in [0.29, 0.717) is 4.88 Å². The summed E-state index contributed by atoms with van der Waals surface area (Å²) in [6.07, 6.45) is -0.0850. The fraction of sp³-hybridized carbons (Fsp3) is 0.333. The number of hydrogen-bond acceptors (Lipinski definition) is 12. The predicted octanol–water partition coefficient (Wildman–Crippen LogP) is 0.0167. The molecule has 0 aromatic carbocycles. The van der Waals surface area contributed by atoms with Crippen LogP contribution < -0.4 is 10.6 Å². The topological polar surface area (TPSA) is 194 Å². The zero-order chi connectivity index (χ0) is 26.5. The van der Waals surface area contributed by atoms with Crippen LogP contribution in [0.1, 0.15) is 10.6 Å². The molecular weight excluding hydrogens is 562 g/mol. The van der Waals surface area contributed by atoms with Crippen LogP contribution in [0.4, 0.5) is 5.13 Å². The smallest absolute Gasteiger partial charge is 0.362 e. The van der Waals surface area contributed by atoms with E-state index in [0.717, 1.165) is 18.4 Å². The molecule has 0 radical (unpaired) electrons. The number of hydrogen-bond donors (Lipinski definition) is 3. The van der Waals surface area contributed by atoms with Gasteiger partial charge in [0.15, 0.2) is 10.8 Å². The Hall–Kier alpha value is -3.12. The van der Waals surface area contributed by atoms with Gasteiger partial charge in [0.25, 0.3) is 11.8 Å². The monoisotopic (exact) mass is 579 g/mol. The SMILES string of the molecule is CON=C(C(=O)N[C@@H]1C(=O)N(S(=O)(=O)O)[C@@H]1COC(=O)Cc1cccs1)c1csc(NC(=O)CCl)n1. The van der Waals surface area contributed by atoms with Crippen LogP contribution in [0.3, 0.4) is 0 Å². The summed E-state index contributed by atoms with van der Waals surface area (Å²) in [5.74, 6) is -3.69. The van der Waals surface area contributed by atoms with Gasteiger partial charge in [-0.05, 0) is 11.4 Å². The van der Waals surface area contributed by atoms with Crippen molar-refractivity contribution in [1.29, 1.82) is 0 Å². The molecule has 2 atom stereocenters. The highest BCUT2D eigenvalue weighted by Crippen LogP contribution is 2.25. The maximum absolute atomic E-state index is 12.9. The molecular formula is C18H18ClN5O9S3. The minimum absolute atomic E-state index is 0.0263. The van der Waals surface area contributed by atoms with Crippen molar-refractivity contribution in [2.45, 2.75) is 18.5 Å². The molecule has 1 aliphatic heterocycles. The fourth-order valence-electron chi connectivity index (χ4n) is 3.01. The Kier molecular flexibility index (Phi) is 8.96. The summed E-state index contributed by atoms with van der Waals surface area (Å²) < 4.78 is 37.9. The van der Waals surface area contributed by atoms with Crippen molar-refractivity contribution < 1.29 is 41.7 Å². The van der Waals surface area contributed by atoms with Gasteiger partial charge in [0.1, 0.15) is 37.4 Å². The molecule has 194 valence electrons. The van der Waals surface area contributed by atoms with Crippen LogP contribution in [0.15, 0.2) is 28.0 Å². The number of thiazole rings is 1. The number of halogens is 1. The first-order valence-corrected chi connectivity index (χ1v) is 13.5. The first kappa shape index (κ1) is 27.5. The van der Waals surface area contributed by atoms with Gasteiger partial charge >= 0.3 is 16.3 Å². The lowest BCUT2D eigenvalue weighted by Crippen LogP contribution is -2.73. The van der Waals surface area contributed by atoms with Gasteiger partial charge in [-0.3, -0.25) is 23.7 Å². The van der Waals surface area contributed by atoms with Gasteiger partial charge in [-0.15, -0.1) is 34.3 Å². The van der Waals surface area contributed by atoms with Crippen molar-refractivity contribution >= 4 is 79.1 Å². The molecule has 0 spiro atoms. The van der Waals surface area contributed by atoms with E-state index in [1.54, 1.807) is 17.5 Å². The van der Waals surface area contributed by atoms with Crippen molar-refractivity contribution in [3.05, 3.63) is 33.5 Å². The third-order valence-electron chi connectivity index (χ3n) is 4.53. The Morgan fingerprint density at radius 1 is 1.33 bits per heavy atom. The summed E-state index contributed by atoms with van der Waals surface area (Å²) in [6.45, 7) is -0.622. The Labute approximate surface area is 217 Å². The van der Waals surface area contributed by atoms with Crippen LogP contribution >= 0.6 is 34.3 Å². The van der Waals surface area contributed by atoms with E-state index < -0.39 is 58.4 Å². The van der Waals surface area contributed by atoms with Crippen molar-refractivity contribution in [1.82, 2.24) is 14.6 Å². The number of amides is 3. The first-order valence-electron chi connectivity index (χ1n) is 9.77. The number of β-lactam (4-membered cyclic amide) rings is 1. The summed E-state index contributed by atoms with van der Waals surface area (Å²) in [7, 11) is -3.84. The lowest BCUT2D eigenvalue weighted by Gasteiger charge is -2.43. The molecule has 1 fully saturated rings. The summed E-state index contributed by atoms with van der Waals surface area (Å²) in [5.41, 5.74) is -0.423. The Morgan fingerprint density at radius 3 is 2.69 bits per heavy atom. The second-order valence-electron chi connectivity index (χ2n) is 6.91. The average molecular weight is 580 g/mol. The van der Waals surface area contributed by atoms with Crippen LogP contribution in [0, 0.1) is 0 Å². The highest BCUT2D eigenvalue weighted by Gasteiger charge is 2.55. The Balaban J connectivity index is 1.72. The van der Waals surface area contributed by atoms with Crippen molar-refractivity contribution in [3.63, 3.8) is 0 Å². The van der Waals surface area contributed by atoms with Crippen LogP contribution in [0.25, 0.3) is 0 Å². The molecule has 2 aromatic rings. The fourth-order valence-corrected chi connectivity index (χ4v) is 5.34. The summed E-state index contributed by atoms with van der Waals surface area (Å²) in [6, 6.07) is 0.542. The van der Waals surface area contributed by atoms with Gasteiger partial charge in [-0.1, -0.05) is 11.2 Å². The minimum atomic E-state index is -5.00. The van der Waals surface area contributed by atoms with Gasteiger partial charge in [0.05, 0.1) is 6.42 Å². The lowest BCUT2D eigenvalue weighted by atomic mass is 9.99. The number of rotatable bonds is 11. The van der Waals surface area contributed by atoms with E-state index in [4.69, 9.17) is 16.3 Å². The highest BCUT2D eigenvalue weighted by molar-refractivity contribution is 7.84. The second kappa shape index (κ2) is 11.7. The summed E-state index contributed by atoms with van der Waals surface area (Å²) in [5, 5.41) is 11.5. The van der Waals surface area contributed by atoms with E-state index in [1.807, 2.05) is 0 Å². The summed E-state index contributed by atoms with van der Waals surface area (Å²) in [4.78, 5) is 58.2. The maximum atomic E-state index is 12.9. The number of oxime groups is 1. The zero-order valence-electron chi connectivity index (χ0n) is 18.2. The maximum Gasteiger partial charge on any atom is 0.362 e. The number of thiophene rings is 1. The Morgan fingerprint density at radius 2 is 2.08 bits per heavy atom. The minimum Gasteiger partial charge on any atom is -0.463 e. The third kappa shape index (κ3) is 6.55. The molecule has 3 N–H and O–H groups in total. The number of aromatic nitrogens is 1. The van der Waals surface area contributed by atoms with Gasteiger partial charge < -0.3 is 20.2 Å². The van der Waals surface area contributed by atoms with E-state index in [1.165, 1.54) is 16.7 Å². The number of nitrogens with one attached hydrogen (secondary N) is 2. The number of esters is 1. The van der Waals surface area contributed by atoms with Crippen molar-refractivity contribution in [2.75, 3.05) is 24.9 Å². The molecule has 3 heterocycles. The zero-order valence-corrected chi connectivity index (χ0v) is 21.4. The number of anilines is 1. The quantitative estimate of drug-likeness (QED) is 0.0815. The van der Waals surface area contributed by atoms with Gasteiger partial charge in [-0.2, -0.15) is 8.42 Å². The summed E-state index contributed by atoms with van der Waals surface area (Å²) >= 11 is 7.70. The standard InChI is InChI=1S/C18H18ClN5O9S3/c1-32-23-14(10-8-35-18(20-10)21-12(25)6-19)16(27)22-15-11(24(17(15)28)36(29,30)31)7-33-13(26)5-9-3-2-4-34-9/h2-4,8,11,15H,5-7H2,1H3,(H,22,27)(H,20,21,25)(H,29,30,31)/t11-,15+/m1/s1. The molecule has 3 rings (SSSR count). The molecule has 2 aromatic heterocycles. The number of nitrogens with zero attached hydrogens (tertiary/aromatic N) is 3. The van der Waals surface area contributed by atoms with Gasteiger partial charge in [-0.25, -0.2) is 9.29 Å². The van der Waals surface area contributed by atoms with Crippen LogP contribution in [-0.4, -0.2) is 83.3 Å². The largest absolute Gasteiger partial charge is 0.463 e. The number of alkyl halides is 1. The molecule has 1 saturated heterocycles. The molecule has 14 nitrogen and oxygen atoms in total. The van der Waals surface area contributed by atoms with Gasteiger partial charge in [0.2, 0.25) is 5.91 Å². The Bertz CT molecular complexity index is 1280. The lowest BCUT2D eigenvalue weighted by molar-refractivity contribution is -0.155. The van der Waals surface area contributed by atoms with Crippen LogP contribution in [0.5, 0.6) is 0 Å². The van der Waals surface area contributed by atoms with Crippen molar-refractivity contribution in [3.8, 4) is 0 Å². The van der Waals surface area contributed by atoms with Crippen LogP contribution in [-0.2, 0) is 45.5 Å². The van der Waals surface area contributed by atoms with Crippen molar-refractivity contribution in [2.24, 2.45) is 5.16 Å². The van der Waals surface area contributed by atoms with Gasteiger partial charge in [0, 0.05) is 10.3 Å². The highest BCUT2D eigenvalue weighted by atomic mass is 35.5. The van der Waals surface area contributed by atoms with Crippen LogP contribution in [0.2, 0.25) is 0 Å². The molecule has 0 aliphatic carbocycles. The third-order valence-corrected chi connectivity index (χ3v) is 7.36. The van der Waals surface area contributed by atoms with E-state index >= 15 is 0 Å². The predicted molar refractivity (Wildman–Crippen MR) is 128 cm³/mol. The number of ether oxygens (including phenoxy) is 1. The molecule has 18 heteroatoms. The average Bonchev–Trinajstić information content (AvgIpc) is 3.49. The van der Waals surface area contributed by atoms with E-state index in [2.05, 4.69) is 25.6 Å². The molecule has 0 saturated carbocycles. The number of carbonyl (C=O) groups is 4. The normalized spacial score (nSPS) is 17.8. The molecule has 36 heavy (non-hydrogen) atoms. The number of carbonyl (C=O) groups excluding carboxylic acids is 4. The van der Waals surface area contributed by atoms with E-state index in [-0.39, 0.29) is 27.4 Å². The molecule has 0 unspecified atom stereocenters.